The Balaban J connectivity index is 1.68. The number of ether oxygens (including phenoxy) is 2. The number of nitrogens with zero attached hydrogens (tertiary/aromatic N) is 1. The number of rotatable bonds is 6. The van der Waals surface area contributed by atoms with Gasteiger partial charge in [-0.2, -0.15) is 0 Å². The lowest BCUT2D eigenvalue weighted by Gasteiger charge is -2.34. The van der Waals surface area contributed by atoms with Gasteiger partial charge >= 0.3 is 0 Å². The van der Waals surface area contributed by atoms with Crippen molar-refractivity contribution in [3.63, 3.8) is 0 Å². The van der Waals surface area contributed by atoms with Crippen LogP contribution in [0.25, 0.3) is 0 Å². The van der Waals surface area contributed by atoms with Crippen molar-refractivity contribution >= 4 is 21.6 Å². The normalized spacial score (nSPS) is 17.1. The summed E-state index contributed by atoms with van der Waals surface area (Å²) in [7, 11) is -3.55. The molecule has 2 aromatic carbocycles. The minimum atomic E-state index is -3.55. The Kier molecular flexibility index (Phi) is 6.02. The van der Waals surface area contributed by atoms with Crippen molar-refractivity contribution in [2.75, 3.05) is 23.7 Å². The Labute approximate surface area is 171 Å². The number of hydrogen-bond acceptors (Lipinski definition) is 5. The van der Waals surface area contributed by atoms with Gasteiger partial charge in [0.1, 0.15) is 18.1 Å². The zero-order valence-electron chi connectivity index (χ0n) is 17.0. The highest BCUT2D eigenvalue weighted by atomic mass is 32.2. The largest absolute Gasteiger partial charge is 0.491 e. The van der Waals surface area contributed by atoms with Crippen LogP contribution < -0.4 is 19.1 Å². The van der Waals surface area contributed by atoms with Crippen molar-refractivity contribution in [2.24, 2.45) is 0 Å². The first-order valence-electron chi connectivity index (χ1n) is 9.39. The summed E-state index contributed by atoms with van der Waals surface area (Å²) in [5.41, 5.74) is 2.37. The Morgan fingerprint density at radius 3 is 2.69 bits per heavy atom. The van der Waals surface area contributed by atoms with Gasteiger partial charge in [0.25, 0.3) is 5.91 Å². The fourth-order valence-electron chi connectivity index (χ4n) is 3.12. The SMILES string of the molecule is Cc1ccc2c(c1)N(S(C)(=O)=O)C[C@@H](C(=O)N[C@H](C)COc1ccccc1C)O2. The summed E-state index contributed by atoms with van der Waals surface area (Å²) < 4.78 is 37.3. The highest BCUT2D eigenvalue weighted by Crippen LogP contribution is 2.35. The van der Waals surface area contributed by atoms with E-state index in [4.69, 9.17) is 9.47 Å². The number of hydrogen-bond donors (Lipinski definition) is 1. The summed E-state index contributed by atoms with van der Waals surface area (Å²) in [6.45, 7) is 5.86. The van der Waals surface area contributed by atoms with Gasteiger partial charge in [0.2, 0.25) is 10.0 Å². The van der Waals surface area contributed by atoms with E-state index >= 15 is 0 Å². The molecule has 8 heteroatoms. The maximum absolute atomic E-state index is 12.7. The maximum atomic E-state index is 12.7. The predicted octanol–water partition coefficient (Wildman–Crippen LogP) is 2.41. The Morgan fingerprint density at radius 1 is 1.28 bits per heavy atom. The van der Waals surface area contributed by atoms with E-state index in [1.165, 1.54) is 4.31 Å². The third-order valence-corrected chi connectivity index (χ3v) is 5.79. The van der Waals surface area contributed by atoms with Crippen molar-refractivity contribution in [3.8, 4) is 11.5 Å². The molecule has 0 unspecified atom stereocenters. The van der Waals surface area contributed by atoms with Crippen molar-refractivity contribution in [1.82, 2.24) is 5.32 Å². The average molecular weight is 419 g/mol. The quantitative estimate of drug-likeness (QED) is 0.779. The first kappa shape index (κ1) is 21.0. The molecular formula is C21H26N2O5S. The van der Waals surface area contributed by atoms with Gasteiger partial charge in [0, 0.05) is 0 Å². The summed E-state index contributed by atoms with van der Waals surface area (Å²) in [5.74, 6) is 0.747. The van der Waals surface area contributed by atoms with Crippen molar-refractivity contribution in [1.29, 1.82) is 0 Å². The van der Waals surface area contributed by atoms with Crippen LogP contribution in [0.15, 0.2) is 42.5 Å². The molecule has 7 nitrogen and oxygen atoms in total. The molecule has 3 rings (SSSR count). The van der Waals surface area contributed by atoms with Gasteiger partial charge in [-0.05, 0) is 50.1 Å². The van der Waals surface area contributed by atoms with Crippen LogP contribution in [-0.4, -0.2) is 45.9 Å². The van der Waals surface area contributed by atoms with Gasteiger partial charge in [-0.25, -0.2) is 8.42 Å². The zero-order chi connectivity index (χ0) is 21.2. The Hall–Kier alpha value is -2.74. The highest BCUT2D eigenvalue weighted by Gasteiger charge is 2.35. The van der Waals surface area contributed by atoms with Gasteiger partial charge in [-0.1, -0.05) is 24.3 Å². The lowest BCUT2D eigenvalue weighted by molar-refractivity contribution is -0.128. The van der Waals surface area contributed by atoms with Gasteiger partial charge < -0.3 is 14.8 Å². The molecule has 2 atom stereocenters. The van der Waals surface area contributed by atoms with Gasteiger partial charge in [-0.3, -0.25) is 9.10 Å². The molecule has 0 radical (unpaired) electrons. The smallest absolute Gasteiger partial charge is 0.263 e. The summed E-state index contributed by atoms with van der Waals surface area (Å²) >= 11 is 0. The fourth-order valence-corrected chi connectivity index (χ4v) is 4.03. The first-order chi connectivity index (χ1) is 13.6. The molecule has 0 bridgehead atoms. The molecule has 1 amide bonds. The summed E-state index contributed by atoms with van der Waals surface area (Å²) in [5, 5.41) is 2.84. The highest BCUT2D eigenvalue weighted by molar-refractivity contribution is 7.92. The first-order valence-corrected chi connectivity index (χ1v) is 11.2. The molecule has 2 aromatic rings. The number of aryl methyl sites for hydroxylation is 2. The number of benzene rings is 2. The molecule has 29 heavy (non-hydrogen) atoms. The molecule has 1 heterocycles. The van der Waals surface area contributed by atoms with E-state index in [2.05, 4.69) is 5.32 Å². The number of carbonyl (C=O) groups excluding carboxylic acids is 1. The second-order valence-electron chi connectivity index (χ2n) is 7.36. The van der Waals surface area contributed by atoms with E-state index in [1.54, 1.807) is 12.1 Å². The molecule has 1 aliphatic heterocycles. The van der Waals surface area contributed by atoms with Crippen LogP contribution in [0.3, 0.4) is 0 Å². The third kappa shape index (κ3) is 5.00. The van der Waals surface area contributed by atoms with Crippen molar-refractivity contribution in [2.45, 2.75) is 32.9 Å². The molecule has 0 aromatic heterocycles. The van der Waals surface area contributed by atoms with Crippen LogP contribution in [0.2, 0.25) is 0 Å². The zero-order valence-corrected chi connectivity index (χ0v) is 17.8. The van der Waals surface area contributed by atoms with Crippen LogP contribution in [0, 0.1) is 13.8 Å². The summed E-state index contributed by atoms with van der Waals surface area (Å²) in [6.07, 6.45) is 0.179. The van der Waals surface area contributed by atoms with Crippen molar-refractivity contribution in [3.05, 3.63) is 53.6 Å². The summed E-state index contributed by atoms with van der Waals surface area (Å²) in [6, 6.07) is 12.6. The fraction of sp³-hybridized carbons (Fsp3) is 0.381. The molecular weight excluding hydrogens is 392 g/mol. The summed E-state index contributed by atoms with van der Waals surface area (Å²) in [4.78, 5) is 12.7. The van der Waals surface area contributed by atoms with Crippen LogP contribution >= 0.6 is 0 Å². The van der Waals surface area contributed by atoms with Gasteiger partial charge in [-0.15, -0.1) is 0 Å². The number of carbonyl (C=O) groups is 1. The standard InChI is InChI=1S/C21H26N2O5S/c1-14-9-10-19-17(11-14)23(29(4,25)26)12-20(28-19)21(24)22-16(3)13-27-18-8-6-5-7-15(18)2/h5-11,16,20H,12-13H2,1-4H3,(H,22,24)/t16-,20+/m1/s1. The van der Waals surface area contributed by atoms with E-state index < -0.39 is 16.1 Å². The molecule has 0 saturated heterocycles. The van der Waals surface area contributed by atoms with E-state index in [1.807, 2.05) is 51.1 Å². The van der Waals surface area contributed by atoms with E-state index in [-0.39, 0.29) is 25.1 Å². The molecule has 0 spiro atoms. The van der Waals surface area contributed by atoms with Gasteiger partial charge in [0.15, 0.2) is 6.10 Å². The minimum absolute atomic E-state index is 0.0769. The van der Waals surface area contributed by atoms with Crippen LogP contribution in [0.5, 0.6) is 11.5 Å². The Morgan fingerprint density at radius 2 is 2.00 bits per heavy atom. The average Bonchev–Trinajstić information content (AvgIpc) is 2.65. The van der Waals surface area contributed by atoms with E-state index in [0.29, 0.717) is 11.4 Å². The van der Waals surface area contributed by atoms with Gasteiger partial charge in [0.05, 0.1) is 24.5 Å². The minimum Gasteiger partial charge on any atom is -0.491 e. The third-order valence-electron chi connectivity index (χ3n) is 4.65. The maximum Gasteiger partial charge on any atom is 0.263 e. The number of sulfonamides is 1. The predicted molar refractivity (Wildman–Crippen MR) is 112 cm³/mol. The number of para-hydroxylation sites is 1. The number of nitrogens with one attached hydrogen (secondary N) is 1. The van der Waals surface area contributed by atoms with Crippen LogP contribution in [0.4, 0.5) is 5.69 Å². The molecule has 0 fully saturated rings. The molecule has 0 aliphatic carbocycles. The van der Waals surface area contributed by atoms with E-state index in [9.17, 15) is 13.2 Å². The number of anilines is 1. The monoisotopic (exact) mass is 418 g/mol. The molecule has 1 aliphatic rings. The van der Waals surface area contributed by atoms with Crippen molar-refractivity contribution < 1.29 is 22.7 Å². The lowest BCUT2D eigenvalue weighted by atomic mass is 10.1. The molecule has 156 valence electrons. The lowest BCUT2D eigenvalue weighted by Crippen LogP contribution is -2.52. The molecule has 0 saturated carbocycles. The second-order valence-corrected chi connectivity index (χ2v) is 9.26. The van der Waals surface area contributed by atoms with Crippen LogP contribution in [-0.2, 0) is 14.8 Å². The number of fused-ring (bicyclic) bond motifs is 1. The van der Waals surface area contributed by atoms with Crippen LogP contribution in [0.1, 0.15) is 18.1 Å². The second kappa shape index (κ2) is 8.32. The number of amides is 1. The molecule has 1 N–H and O–H groups in total. The van der Waals surface area contributed by atoms with E-state index in [0.717, 1.165) is 23.1 Å². The topological polar surface area (TPSA) is 84.9 Å². The Bertz CT molecular complexity index is 1010.